The summed E-state index contributed by atoms with van der Waals surface area (Å²) in [5.74, 6) is 1.84. The minimum atomic E-state index is 0.883. The maximum absolute atomic E-state index is 5.09. The molecule has 11 heavy (non-hydrogen) atoms. The van der Waals surface area contributed by atoms with E-state index in [0.29, 0.717) is 0 Å². The van der Waals surface area contributed by atoms with Crippen LogP contribution in [0.4, 0.5) is 5.88 Å². The van der Waals surface area contributed by atoms with Crippen molar-refractivity contribution in [2.45, 2.75) is 12.2 Å². The standard InChI is InChI=1S/C7H10N2OS/c1-11-4-6-5-2-3-8-7(5)10-9-6/h8H,2-4H2,1H3. The Morgan fingerprint density at radius 3 is 3.45 bits per heavy atom. The van der Waals surface area contributed by atoms with Crippen LogP contribution >= 0.6 is 11.8 Å². The molecular formula is C7H10N2OS. The SMILES string of the molecule is CSCc1noc2c1CCN2. The molecule has 0 bridgehead atoms. The molecule has 3 nitrogen and oxygen atoms in total. The van der Waals surface area contributed by atoms with E-state index >= 15 is 0 Å². The lowest BCUT2D eigenvalue weighted by Gasteiger charge is -1.90. The molecule has 4 heteroatoms. The van der Waals surface area contributed by atoms with Gasteiger partial charge in [-0.05, 0) is 12.7 Å². The number of thioether (sulfide) groups is 1. The maximum Gasteiger partial charge on any atom is 0.228 e. The lowest BCUT2D eigenvalue weighted by molar-refractivity contribution is 0.428. The van der Waals surface area contributed by atoms with Gasteiger partial charge in [-0.15, -0.1) is 0 Å². The molecule has 60 valence electrons. The van der Waals surface area contributed by atoms with Crippen LogP contribution in [0, 0.1) is 0 Å². The second kappa shape index (κ2) is 2.77. The number of hydrogen-bond acceptors (Lipinski definition) is 4. The van der Waals surface area contributed by atoms with Crippen molar-refractivity contribution in [3.63, 3.8) is 0 Å². The number of nitrogens with zero attached hydrogens (tertiary/aromatic N) is 1. The Bertz CT molecular complexity index is 259. The van der Waals surface area contributed by atoms with Gasteiger partial charge in [0, 0.05) is 17.9 Å². The molecule has 0 aliphatic carbocycles. The van der Waals surface area contributed by atoms with E-state index in [2.05, 4.69) is 16.7 Å². The van der Waals surface area contributed by atoms with Crippen LogP contribution in [0.2, 0.25) is 0 Å². The third kappa shape index (κ3) is 1.11. The highest BCUT2D eigenvalue weighted by atomic mass is 32.2. The Kier molecular flexibility index (Phi) is 1.77. The first-order valence-electron chi connectivity index (χ1n) is 3.62. The molecule has 1 aliphatic heterocycles. The van der Waals surface area contributed by atoms with Crippen molar-refractivity contribution < 1.29 is 4.52 Å². The number of aromatic nitrogens is 1. The molecule has 1 aliphatic rings. The predicted octanol–water partition coefficient (Wildman–Crippen LogP) is 1.51. The minimum Gasteiger partial charge on any atom is -0.353 e. The smallest absolute Gasteiger partial charge is 0.228 e. The van der Waals surface area contributed by atoms with Crippen LogP contribution in [-0.4, -0.2) is 18.0 Å². The van der Waals surface area contributed by atoms with Crippen molar-refractivity contribution in [3.05, 3.63) is 11.3 Å². The first-order valence-corrected chi connectivity index (χ1v) is 5.01. The van der Waals surface area contributed by atoms with Crippen molar-refractivity contribution >= 4 is 17.6 Å². The summed E-state index contributed by atoms with van der Waals surface area (Å²) in [6.45, 7) is 0.998. The summed E-state index contributed by atoms with van der Waals surface area (Å²) in [5, 5.41) is 7.11. The summed E-state index contributed by atoms with van der Waals surface area (Å²) >= 11 is 1.78. The van der Waals surface area contributed by atoms with Crippen LogP contribution in [0.3, 0.4) is 0 Å². The monoisotopic (exact) mass is 170 g/mol. The van der Waals surface area contributed by atoms with Gasteiger partial charge >= 0.3 is 0 Å². The molecule has 0 fully saturated rings. The molecule has 0 aromatic carbocycles. The van der Waals surface area contributed by atoms with Crippen molar-refractivity contribution in [2.24, 2.45) is 0 Å². The van der Waals surface area contributed by atoms with Crippen molar-refractivity contribution in [1.29, 1.82) is 0 Å². The topological polar surface area (TPSA) is 38.1 Å². The van der Waals surface area contributed by atoms with Crippen LogP contribution in [0.15, 0.2) is 4.52 Å². The average molecular weight is 170 g/mol. The van der Waals surface area contributed by atoms with Gasteiger partial charge in [-0.1, -0.05) is 5.16 Å². The molecule has 0 spiro atoms. The van der Waals surface area contributed by atoms with E-state index in [1.165, 1.54) is 5.56 Å². The molecule has 1 aromatic rings. The van der Waals surface area contributed by atoms with Gasteiger partial charge in [-0.3, -0.25) is 0 Å². The van der Waals surface area contributed by atoms with Crippen LogP contribution < -0.4 is 5.32 Å². The molecule has 1 aromatic heterocycles. The Hall–Kier alpha value is -0.640. The summed E-state index contributed by atoms with van der Waals surface area (Å²) in [5.41, 5.74) is 2.39. The quantitative estimate of drug-likeness (QED) is 0.730. The van der Waals surface area contributed by atoms with E-state index in [9.17, 15) is 0 Å². The molecule has 1 N–H and O–H groups in total. The molecule has 0 saturated heterocycles. The summed E-state index contributed by atoms with van der Waals surface area (Å²) < 4.78 is 5.09. The van der Waals surface area contributed by atoms with E-state index < -0.39 is 0 Å². The second-order valence-electron chi connectivity index (χ2n) is 2.55. The fourth-order valence-corrected chi connectivity index (χ4v) is 1.79. The summed E-state index contributed by atoms with van der Waals surface area (Å²) in [4.78, 5) is 0. The summed E-state index contributed by atoms with van der Waals surface area (Å²) in [6.07, 6.45) is 3.14. The van der Waals surface area contributed by atoms with Gasteiger partial charge in [0.05, 0.1) is 5.69 Å². The van der Waals surface area contributed by atoms with Crippen molar-refractivity contribution in [1.82, 2.24) is 5.16 Å². The third-order valence-corrected chi connectivity index (χ3v) is 2.37. The highest BCUT2D eigenvalue weighted by Crippen LogP contribution is 2.26. The number of fused-ring (bicyclic) bond motifs is 1. The van der Waals surface area contributed by atoms with Gasteiger partial charge in [-0.25, -0.2) is 0 Å². The molecular weight excluding hydrogens is 160 g/mol. The molecule has 0 atom stereocenters. The number of rotatable bonds is 2. The van der Waals surface area contributed by atoms with Crippen molar-refractivity contribution in [2.75, 3.05) is 18.1 Å². The number of anilines is 1. The Morgan fingerprint density at radius 2 is 2.64 bits per heavy atom. The van der Waals surface area contributed by atoms with Gasteiger partial charge in [0.1, 0.15) is 0 Å². The van der Waals surface area contributed by atoms with Crippen LogP contribution in [-0.2, 0) is 12.2 Å². The molecule has 0 amide bonds. The summed E-state index contributed by atoms with van der Waals surface area (Å²) in [7, 11) is 0. The van der Waals surface area contributed by atoms with E-state index in [1.807, 2.05) is 0 Å². The fourth-order valence-electron chi connectivity index (χ4n) is 1.29. The van der Waals surface area contributed by atoms with Crippen LogP contribution in [0.1, 0.15) is 11.3 Å². The minimum absolute atomic E-state index is 0.883. The number of nitrogens with one attached hydrogen (secondary N) is 1. The van der Waals surface area contributed by atoms with Crippen molar-refractivity contribution in [3.8, 4) is 0 Å². The molecule has 0 saturated carbocycles. The van der Waals surface area contributed by atoms with E-state index in [-0.39, 0.29) is 0 Å². The zero-order chi connectivity index (χ0) is 7.68. The van der Waals surface area contributed by atoms with E-state index in [1.54, 1.807) is 11.8 Å². The predicted molar refractivity (Wildman–Crippen MR) is 45.9 cm³/mol. The molecule has 2 rings (SSSR count). The van der Waals surface area contributed by atoms with E-state index in [4.69, 9.17) is 4.52 Å². The largest absolute Gasteiger partial charge is 0.353 e. The highest BCUT2D eigenvalue weighted by Gasteiger charge is 2.19. The van der Waals surface area contributed by atoms with Gasteiger partial charge in [0.15, 0.2) is 0 Å². The van der Waals surface area contributed by atoms with Gasteiger partial charge in [-0.2, -0.15) is 11.8 Å². The highest BCUT2D eigenvalue weighted by molar-refractivity contribution is 7.97. The fraction of sp³-hybridized carbons (Fsp3) is 0.571. The second-order valence-corrected chi connectivity index (χ2v) is 3.41. The Balaban J connectivity index is 2.27. The number of hydrogen-bond donors (Lipinski definition) is 1. The van der Waals surface area contributed by atoms with Gasteiger partial charge in [0.2, 0.25) is 5.88 Å². The zero-order valence-electron chi connectivity index (χ0n) is 6.39. The third-order valence-electron chi connectivity index (χ3n) is 1.81. The summed E-state index contributed by atoms with van der Waals surface area (Å²) in [6, 6.07) is 0. The normalized spacial score (nSPS) is 14.6. The molecule has 0 radical (unpaired) electrons. The van der Waals surface area contributed by atoms with Gasteiger partial charge in [0.25, 0.3) is 0 Å². The van der Waals surface area contributed by atoms with E-state index in [0.717, 1.165) is 30.3 Å². The molecule has 0 unspecified atom stereocenters. The van der Waals surface area contributed by atoms with Crippen LogP contribution in [0.5, 0.6) is 0 Å². The van der Waals surface area contributed by atoms with Gasteiger partial charge < -0.3 is 9.84 Å². The lowest BCUT2D eigenvalue weighted by Crippen LogP contribution is -1.93. The zero-order valence-corrected chi connectivity index (χ0v) is 7.20. The van der Waals surface area contributed by atoms with Crippen LogP contribution in [0.25, 0.3) is 0 Å². The Morgan fingerprint density at radius 1 is 1.73 bits per heavy atom. The molecule has 2 heterocycles. The first-order chi connectivity index (χ1) is 5.42. The Labute approximate surface area is 69.5 Å². The average Bonchev–Trinajstić information content (AvgIpc) is 2.53. The maximum atomic E-state index is 5.09. The first kappa shape index (κ1) is 7.03. The lowest BCUT2D eigenvalue weighted by atomic mass is 10.2.